The second-order valence-electron chi connectivity index (χ2n) is 3.84. The Kier molecular flexibility index (Phi) is 4.79. The predicted octanol–water partition coefficient (Wildman–Crippen LogP) is 1.74. The van der Waals surface area contributed by atoms with Crippen molar-refractivity contribution < 1.29 is 15.0 Å². The molecular formula is C12H17NO3. The molecule has 4 nitrogen and oxygen atoms in total. The summed E-state index contributed by atoms with van der Waals surface area (Å²) in [5, 5.41) is 21.2. The zero-order chi connectivity index (χ0) is 12.0. The lowest BCUT2D eigenvalue weighted by atomic mass is 10.1. The molecule has 0 spiro atoms. The van der Waals surface area contributed by atoms with Crippen molar-refractivity contribution in [2.45, 2.75) is 32.4 Å². The fourth-order valence-electron chi connectivity index (χ4n) is 1.39. The molecule has 3 N–H and O–H groups in total. The van der Waals surface area contributed by atoms with Gasteiger partial charge in [0, 0.05) is 24.6 Å². The lowest BCUT2D eigenvalue weighted by Gasteiger charge is -2.13. The summed E-state index contributed by atoms with van der Waals surface area (Å²) in [5.41, 5.74) is 0.824. The van der Waals surface area contributed by atoms with E-state index in [1.807, 2.05) is 19.1 Å². The second-order valence-corrected chi connectivity index (χ2v) is 3.84. The van der Waals surface area contributed by atoms with Crippen molar-refractivity contribution in [1.82, 2.24) is 5.32 Å². The topological polar surface area (TPSA) is 69.6 Å². The van der Waals surface area contributed by atoms with Gasteiger partial charge in [0.05, 0.1) is 0 Å². The van der Waals surface area contributed by atoms with E-state index >= 15 is 0 Å². The van der Waals surface area contributed by atoms with Crippen molar-refractivity contribution in [3.05, 3.63) is 29.8 Å². The van der Waals surface area contributed by atoms with Gasteiger partial charge in [0.1, 0.15) is 5.75 Å². The molecule has 0 saturated carbocycles. The first-order valence-electron chi connectivity index (χ1n) is 5.31. The highest BCUT2D eigenvalue weighted by atomic mass is 16.4. The number of aliphatic carboxylic acids is 1. The van der Waals surface area contributed by atoms with Crippen LogP contribution >= 0.6 is 0 Å². The fraction of sp³-hybridized carbons (Fsp3) is 0.417. The summed E-state index contributed by atoms with van der Waals surface area (Å²) >= 11 is 0. The molecule has 1 rings (SSSR count). The molecule has 0 saturated heterocycles. The van der Waals surface area contributed by atoms with Crippen LogP contribution in [0.15, 0.2) is 24.3 Å². The Labute approximate surface area is 94.9 Å². The van der Waals surface area contributed by atoms with E-state index in [-0.39, 0.29) is 18.2 Å². The van der Waals surface area contributed by atoms with Crippen LogP contribution in [0.3, 0.4) is 0 Å². The van der Waals surface area contributed by atoms with E-state index in [0.717, 1.165) is 5.56 Å². The predicted molar refractivity (Wildman–Crippen MR) is 61.3 cm³/mol. The third kappa shape index (κ3) is 4.31. The summed E-state index contributed by atoms with van der Waals surface area (Å²) in [6, 6.07) is 7.23. The number of para-hydroxylation sites is 1. The van der Waals surface area contributed by atoms with E-state index in [2.05, 4.69) is 5.32 Å². The first-order valence-corrected chi connectivity index (χ1v) is 5.31. The van der Waals surface area contributed by atoms with E-state index in [1.165, 1.54) is 0 Å². The Hall–Kier alpha value is -1.55. The molecule has 4 heteroatoms. The van der Waals surface area contributed by atoms with Gasteiger partial charge < -0.3 is 15.5 Å². The van der Waals surface area contributed by atoms with Crippen LogP contribution in [0, 0.1) is 0 Å². The number of phenols is 1. The Balaban J connectivity index is 2.34. The number of rotatable bonds is 6. The van der Waals surface area contributed by atoms with Crippen LogP contribution in [-0.2, 0) is 11.3 Å². The lowest BCUT2D eigenvalue weighted by Crippen LogP contribution is -2.26. The number of carbonyl (C=O) groups is 1. The standard InChI is InChI=1S/C12H17NO3/c1-9(6-7-12(15)16)13-8-10-4-2-3-5-11(10)14/h2-5,9,13-14H,6-8H2,1H3,(H,15,16). The number of carboxylic acids is 1. The summed E-state index contributed by atoms with van der Waals surface area (Å²) in [5.74, 6) is -0.517. The average molecular weight is 223 g/mol. The minimum absolute atomic E-state index is 0.121. The third-order valence-corrected chi connectivity index (χ3v) is 2.42. The number of hydrogen-bond donors (Lipinski definition) is 3. The molecule has 0 aliphatic carbocycles. The summed E-state index contributed by atoms with van der Waals surface area (Å²) in [6.45, 7) is 2.48. The van der Waals surface area contributed by atoms with Gasteiger partial charge >= 0.3 is 5.97 Å². The van der Waals surface area contributed by atoms with E-state index < -0.39 is 5.97 Å². The average Bonchev–Trinajstić information content (AvgIpc) is 2.25. The van der Waals surface area contributed by atoms with Crippen LogP contribution in [-0.4, -0.2) is 22.2 Å². The van der Waals surface area contributed by atoms with E-state index in [4.69, 9.17) is 5.11 Å². The molecule has 0 bridgehead atoms. The van der Waals surface area contributed by atoms with Crippen LogP contribution in [0.5, 0.6) is 5.75 Å². The molecule has 0 amide bonds. The van der Waals surface area contributed by atoms with E-state index in [0.29, 0.717) is 13.0 Å². The Bertz CT molecular complexity index is 352. The summed E-state index contributed by atoms with van der Waals surface area (Å²) in [6.07, 6.45) is 0.748. The quantitative estimate of drug-likeness (QED) is 0.687. The smallest absolute Gasteiger partial charge is 0.303 e. The molecule has 1 aromatic carbocycles. The van der Waals surface area contributed by atoms with Crippen molar-refractivity contribution in [2.24, 2.45) is 0 Å². The van der Waals surface area contributed by atoms with Gasteiger partial charge in [0.15, 0.2) is 0 Å². The van der Waals surface area contributed by atoms with Crippen molar-refractivity contribution in [2.75, 3.05) is 0 Å². The molecule has 0 radical (unpaired) electrons. The van der Waals surface area contributed by atoms with Gasteiger partial charge in [-0.3, -0.25) is 4.79 Å². The summed E-state index contributed by atoms with van der Waals surface area (Å²) in [4.78, 5) is 10.4. The number of hydrogen-bond acceptors (Lipinski definition) is 3. The Morgan fingerprint density at radius 2 is 2.12 bits per heavy atom. The maximum absolute atomic E-state index is 10.4. The second kappa shape index (κ2) is 6.12. The van der Waals surface area contributed by atoms with Crippen molar-refractivity contribution in [3.8, 4) is 5.75 Å². The van der Waals surface area contributed by atoms with Crippen molar-refractivity contribution in [1.29, 1.82) is 0 Å². The summed E-state index contributed by atoms with van der Waals surface area (Å²) in [7, 11) is 0. The lowest BCUT2D eigenvalue weighted by molar-refractivity contribution is -0.137. The molecule has 88 valence electrons. The zero-order valence-corrected chi connectivity index (χ0v) is 9.31. The minimum atomic E-state index is -0.781. The zero-order valence-electron chi connectivity index (χ0n) is 9.31. The maximum Gasteiger partial charge on any atom is 0.303 e. The van der Waals surface area contributed by atoms with Gasteiger partial charge in [0.2, 0.25) is 0 Å². The number of benzene rings is 1. The molecule has 0 fully saturated rings. The fourth-order valence-corrected chi connectivity index (χ4v) is 1.39. The van der Waals surface area contributed by atoms with Gasteiger partial charge in [-0.1, -0.05) is 18.2 Å². The molecule has 0 heterocycles. The van der Waals surface area contributed by atoms with E-state index in [1.54, 1.807) is 12.1 Å². The normalized spacial score (nSPS) is 12.3. The van der Waals surface area contributed by atoms with Crippen molar-refractivity contribution >= 4 is 5.97 Å². The van der Waals surface area contributed by atoms with E-state index in [9.17, 15) is 9.90 Å². The molecule has 16 heavy (non-hydrogen) atoms. The van der Waals surface area contributed by atoms with Gasteiger partial charge in [-0.25, -0.2) is 0 Å². The highest BCUT2D eigenvalue weighted by Crippen LogP contribution is 2.15. The van der Waals surface area contributed by atoms with Crippen LogP contribution in [0.1, 0.15) is 25.3 Å². The number of phenolic OH excluding ortho intramolecular Hbond substituents is 1. The third-order valence-electron chi connectivity index (χ3n) is 2.42. The SMILES string of the molecule is CC(CCC(=O)O)NCc1ccccc1O. The van der Waals surface area contributed by atoms with Gasteiger partial charge in [0.25, 0.3) is 0 Å². The molecule has 1 unspecified atom stereocenters. The molecule has 0 aliphatic heterocycles. The highest BCUT2D eigenvalue weighted by Gasteiger charge is 2.06. The monoisotopic (exact) mass is 223 g/mol. The first kappa shape index (κ1) is 12.5. The molecule has 1 atom stereocenters. The summed E-state index contributed by atoms with van der Waals surface area (Å²) < 4.78 is 0. The minimum Gasteiger partial charge on any atom is -0.508 e. The van der Waals surface area contributed by atoms with Gasteiger partial charge in [-0.05, 0) is 19.4 Å². The molecule has 0 aliphatic rings. The van der Waals surface area contributed by atoms with Crippen LogP contribution in [0.4, 0.5) is 0 Å². The van der Waals surface area contributed by atoms with Gasteiger partial charge in [-0.2, -0.15) is 0 Å². The Morgan fingerprint density at radius 1 is 1.44 bits per heavy atom. The number of nitrogens with one attached hydrogen (secondary N) is 1. The maximum atomic E-state index is 10.4. The number of carboxylic acid groups (broad SMARTS) is 1. The largest absolute Gasteiger partial charge is 0.508 e. The molecule has 1 aromatic rings. The van der Waals surface area contributed by atoms with Crippen LogP contribution in [0.25, 0.3) is 0 Å². The number of aromatic hydroxyl groups is 1. The van der Waals surface area contributed by atoms with Crippen LogP contribution in [0.2, 0.25) is 0 Å². The Morgan fingerprint density at radius 3 is 2.75 bits per heavy atom. The molecular weight excluding hydrogens is 206 g/mol. The first-order chi connectivity index (χ1) is 7.59. The highest BCUT2D eigenvalue weighted by molar-refractivity contribution is 5.66. The molecule has 0 aromatic heterocycles. The van der Waals surface area contributed by atoms with Crippen LogP contribution < -0.4 is 5.32 Å². The van der Waals surface area contributed by atoms with Gasteiger partial charge in [-0.15, -0.1) is 0 Å². The van der Waals surface area contributed by atoms with Crippen molar-refractivity contribution in [3.63, 3.8) is 0 Å².